The highest BCUT2D eigenvalue weighted by Crippen LogP contribution is 2.22. The van der Waals surface area contributed by atoms with Gasteiger partial charge in [0.05, 0.1) is 19.6 Å². The molecule has 0 saturated carbocycles. The van der Waals surface area contributed by atoms with Crippen LogP contribution in [0.15, 0.2) is 36.4 Å². The van der Waals surface area contributed by atoms with Crippen LogP contribution in [0.3, 0.4) is 0 Å². The fraction of sp³-hybridized carbons (Fsp3) is 0.484. The van der Waals surface area contributed by atoms with Gasteiger partial charge < -0.3 is 10.1 Å². The van der Waals surface area contributed by atoms with Gasteiger partial charge in [-0.05, 0) is 67.3 Å². The van der Waals surface area contributed by atoms with Gasteiger partial charge in [0.15, 0.2) is 5.78 Å². The van der Waals surface area contributed by atoms with Crippen LogP contribution >= 0.6 is 0 Å². The third-order valence-corrected chi connectivity index (χ3v) is 7.73. The number of rotatable bonds is 11. The fourth-order valence-corrected chi connectivity index (χ4v) is 5.35. The van der Waals surface area contributed by atoms with Crippen LogP contribution in [0.4, 0.5) is 0 Å². The van der Waals surface area contributed by atoms with Crippen molar-refractivity contribution in [1.82, 2.24) is 15.5 Å². The Kier molecular flexibility index (Phi) is 10.0. The number of hydrogen-bond acceptors (Lipinski definition) is 6. The van der Waals surface area contributed by atoms with Crippen LogP contribution in [0.5, 0.6) is 0 Å². The van der Waals surface area contributed by atoms with E-state index in [1.54, 1.807) is 6.07 Å². The van der Waals surface area contributed by atoms with Gasteiger partial charge in [-0.3, -0.25) is 29.4 Å². The molecule has 208 valence electrons. The zero-order valence-corrected chi connectivity index (χ0v) is 23.0. The Balaban J connectivity index is 1.29. The maximum Gasteiger partial charge on any atom is 0.229 e. The molecule has 8 nitrogen and oxygen atoms in total. The van der Waals surface area contributed by atoms with Gasteiger partial charge in [0, 0.05) is 44.1 Å². The van der Waals surface area contributed by atoms with E-state index in [-0.39, 0.29) is 29.4 Å². The number of Topliss-reactive ketones (excluding diaryl/α,β-unsaturated/α-hetero) is 1. The number of amides is 3. The molecule has 2 heterocycles. The summed E-state index contributed by atoms with van der Waals surface area (Å²) in [5.41, 5.74) is 5.89. The molecule has 2 aliphatic rings. The molecule has 1 unspecified atom stereocenters. The second-order valence-corrected chi connectivity index (χ2v) is 10.7. The minimum atomic E-state index is -0.237. The average molecular weight is 534 g/mol. The first kappa shape index (κ1) is 28.6. The Labute approximate surface area is 230 Å². The smallest absolute Gasteiger partial charge is 0.229 e. The minimum absolute atomic E-state index is 0.0346. The number of morpholine rings is 1. The molecule has 0 spiro atoms. The van der Waals surface area contributed by atoms with E-state index in [0.29, 0.717) is 44.2 Å². The lowest BCUT2D eigenvalue weighted by atomic mass is 9.89. The number of nitrogens with zero attached hydrogens (tertiary/aromatic N) is 1. The number of benzene rings is 2. The molecule has 4 rings (SSSR count). The Morgan fingerprint density at radius 1 is 1.03 bits per heavy atom. The van der Waals surface area contributed by atoms with Crippen LogP contribution in [0, 0.1) is 12.8 Å². The lowest BCUT2D eigenvalue weighted by Gasteiger charge is -2.26. The number of aryl methyl sites for hydroxylation is 2. The molecule has 8 heteroatoms. The molecule has 2 aromatic rings. The number of hydrogen-bond donors (Lipinski definition) is 2. The number of carbonyl (C=O) groups excluding carboxylic acids is 4. The van der Waals surface area contributed by atoms with Crippen molar-refractivity contribution in [3.05, 3.63) is 69.8 Å². The summed E-state index contributed by atoms with van der Waals surface area (Å²) in [6.07, 6.45) is 3.29. The van der Waals surface area contributed by atoms with Crippen molar-refractivity contribution in [2.24, 2.45) is 5.92 Å². The summed E-state index contributed by atoms with van der Waals surface area (Å²) in [5, 5.41) is 5.39. The third-order valence-electron chi connectivity index (χ3n) is 7.73. The minimum Gasteiger partial charge on any atom is -0.379 e. The molecule has 3 amide bonds. The fourth-order valence-electron chi connectivity index (χ4n) is 5.35. The molecule has 2 aromatic carbocycles. The Morgan fingerprint density at radius 2 is 1.79 bits per heavy atom. The van der Waals surface area contributed by atoms with E-state index in [9.17, 15) is 19.2 Å². The number of nitrogens with one attached hydrogen (secondary N) is 2. The molecule has 0 aromatic heterocycles. The predicted octanol–water partition coefficient (Wildman–Crippen LogP) is 2.92. The van der Waals surface area contributed by atoms with E-state index < -0.39 is 0 Å². The summed E-state index contributed by atoms with van der Waals surface area (Å²) in [6, 6.07) is 11.9. The van der Waals surface area contributed by atoms with Gasteiger partial charge in [-0.15, -0.1) is 0 Å². The zero-order chi connectivity index (χ0) is 27.8. The Morgan fingerprint density at radius 3 is 2.51 bits per heavy atom. The van der Waals surface area contributed by atoms with Gasteiger partial charge in [-0.2, -0.15) is 0 Å². The van der Waals surface area contributed by atoms with Gasteiger partial charge in [0.1, 0.15) is 0 Å². The molecule has 0 radical (unpaired) electrons. The van der Waals surface area contributed by atoms with Crippen molar-refractivity contribution in [2.45, 2.75) is 58.9 Å². The van der Waals surface area contributed by atoms with Crippen LogP contribution in [0.25, 0.3) is 0 Å². The van der Waals surface area contributed by atoms with E-state index in [1.807, 2.05) is 18.2 Å². The lowest BCUT2D eigenvalue weighted by molar-refractivity contribution is -0.136. The van der Waals surface area contributed by atoms with E-state index in [4.69, 9.17) is 4.74 Å². The van der Waals surface area contributed by atoms with Crippen molar-refractivity contribution < 1.29 is 23.9 Å². The standard InChI is InChI=1S/C31H39N3O5/c1-21-17-23(3-5-25(21)11-12-34-13-15-39-16-14-34)19-30(37)32-20-24-4-9-28(22(2)35)27(18-24)7-6-26-8-10-29(36)33-31(26)38/h3-5,9,17-18,26H,6-8,10-16,19-20H2,1-2H3,(H,32,37)(H,33,36,38). The largest absolute Gasteiger partial charge is 0.379 e. The summed E-state index contributed by atoms with van der Waals surface area (Å²) in [7, 11) is 0. The average Bonchev–Trinajstić information content (AvgIpc) is 2.91. The van der Waals surface area contributed by atoms with Crippen LogP contribution < -0.4 is 10.6 Å². The first-order valence-corrected chi connectivity index (χ1v) is 13.9. The summed E-state index contributed by atoms with van der Waals surface area (Å²) in [6.45, 7) is 8.58. The van der Waals surface area contributed by atoms with Gasteiger partial charge >= 0.3 is 0 Å². The third kappa shape index (κ3) is 8.31. The maximum atomic E-state index is 12.7. The number of ketones is 1. The van der Waals surface area contributed by atoms with Crippen LogP contribution in [-0.2, 0) is 44.9 Å². The molecule has 0 aliphatic carbocycles. The van der Waals surface area contributed by atoms with Crippen molar-refractivity contribution >= 4 is 23.5 Å². The normalized spacial score (nSPS) is 18.1. The molecule has 0 bridgehead atoms. The molecule has 2 fully saturated rings. The topological polar surface area (TPSA) is 105 Å². The van der Waals surface area contributed by atoms with Crippen molar-refractivity contribution in [3.63, 3.8) is 0 Å². The monoisotopic (exact) mass is 533 g/mol. The molecule has 2 N–H and O–H groups in total. The molecule has 1 atom stereocenters. The summed E-state index contributed by atoms with van der Waals surface area (Å²) >= 11 is 0. The van der Waals surface area contributed by atoms with Gasteiger partial charge in [0.2, 0.25) is 17.7 Å². The lowest BCUT2D eigenvalue weighted by Crippen LogP contribution is -2.40. The van der Waals surface area contributed by atoms with Crippen LogP contribution in [0.1, 0.15) is 64.4 Å². The van der Waals surface area contributed by atoms with Crippen molar-refractivity contribution in [1.29, 1.82) is 0 Å². The van der Waals surface area contributed by atoms with Gasteiger partial charge in [-0.1, -0.05) is 36.4 Å². The van der Waals surface area contributed by atoms with Crippen LogP contribution in [-0.4, -0.2) is 61.3 Å². The quantitative estimate of drug-likeness (QED) is 0.340. The molecule has 39 heavy (non-hydrogen) atoms. The zero-order valence-electron chi connectivity index (χ0n) is 23.0. The van der Waals surface area contributed by atoms with Gasteiger partial charge in [0.25, 0.3) is 0 Å². The van der Waals surface area contributed by atoms with Crippen molar-refractivity contribution in [2.75, 3.05) is 32.8 Å². The summed E-state index contributed by atoms with van der Waals surface area (Å²) in [4.78, 5) is 50.9. The summed E-state index contributed by atoms with van der Waals surface area (Å²) < 4.78 is 5.42. The van der Waals surface area contributed by atoms with E-state index in [0.717, 1.165) is 56.0 Å². The number of imide groups is 1. The van der Waals surface area contributed by atoms with Crippen LogP contribution in [0.2, 0.25) is 0 Å². The SMILES string of the molecule is CC(=O)c1ccc(CNC(=O)Cc2ccc(CCN3CCOCC3)c(C)c2)cc1CCC1CCC(=O)NC1=O. The first-order valence-electron chi connectivity index (χ1n) is 13.9. The molecule has 2 aliphatic heterocycles. The highest BCUT2D eigenvalue weighted by molar-refractivity contribution is 5.98. The number of carbonyl (C=O) groups is 4. The predicted molar refractivity (Wildman–Crippen MR) is 148 cm³/mol. The molecular weight excluding hydrogens is 494 g/mol. The Bertz CT molecular complexity index is 1220. The Hall–Kier alpha value is -3.36. The molecule has 2 saturated heterocycles. The highest BCUT2D eigenvalue weighted by Gasteiger charge is 2.26. The summed E-state index contributed by atoms with van der Waals surface area (Å²) in [5.74, 6) is -0.795. The highest BCUT2D eigenvalue weighted by atomic mass is 16.5. The van der Waals surface area contributed by atoms with E-state index in [1.165, 1.54) is 18.1 Å². The first-order chi connectivity index (χ1) is 18.8. The number of ether oxygens (including phenoxy) is 1. The van der Waals surface area contributed by atoms with E-state index in [2.05, 4.69) is 34.6 Å². The second kappa shape index (κ2) is 13.6. The van der Waals surface area contributed by atoms with Gasteiger partial charge in [-0.25, -0.2) is 0 Å². The molecular formula is C31H39N3O5. The van der Waals surface area contributed by atoms with E-state index >= 15 is 0 Å². The maximum absolute atomic E-state index is 12.7. The second-order valence-electron chi connectivity index (χ2n) is 10.7. The number of piperidine rings is 1. The van der Waals surface area contributed by atoms with Crippen molar-refractivity contribution in [3.8, 4) is 0 Å².